The van der Waals surface area contributed by atoms with E-state index in [9.17, 15) is 0 Å². The molecule has 1 fully saturated rings. The zero-order valence-corrected chi connectivity index (χ0v) is 15.4. The number of hydrogen-bond acceptors (Lipinski definition) is 6. The first-order valence-corrected chi connectivity index (χ1v) is 8.97. The summed E-state index contributed by atoms with van der Waals surface area (Å²) < 4.78 is 12.6. The van der Waals surface area contributed by atoms with Crippen molar-refractivity contribution in [2.45, 2.75) is 25.4 Å². The second-order valence-electron chi connectivity index (χ2n) is 6.39. The number of halogens is 1. The second-order valence-corrected chi connectivity index (χ2v) is 7.18. The van der Waals surface area contributed by atoms with Crippen molar-refractivity contribution >= 4 is 33.8 Å². The van der Waals surface area contributed by atoms with Crippen LogP contribution in [-0.4, -0.2) is 23.2 Å². The number of anilines is 2. The molecule has 1 aliphatic heterocycles. The SMILES string of the molecule is COc1cc(Cc2cnc(N)nc2N)c2c(c1Br)OC(C1CC1)C=C2. The third-order valence-electron chi connectivity index (χ3n) is 4.62. The maximum absolute atomic E-state index is 6.26. The van der Waals surface area contributed by atoms with Crippen LogP contribution in [0.1, 0.15) is 29.5 Å². The minimum absolute atomic E-state index is 0.133. The predicted octanol–water partition coefficient (Wildman–Crippen LogP) is 3.19. The summed E-state index contributed by atoms with van der Waals surface area (Å²) >= 11 is 3.62. The quantitative estimate of drug-likeness (QED) is 0.814. The van der Waals surface area contributed by atoms with Crippen molar-refractivity contribution in [3.63, 3.8) is 0 Å². The molecular formula is C18H19BrN4O2. The molecule has 1 atom stereocenters. The van der Waals surface area contributed by atoms with E-state index in [2.05, 4.69) is 38.0 Å². The molecule has 1 aromatic heterocycles. The number of aromatic nitrogens is 2. The number of methoxy groups -OCH3 is 1. The van der Waals surface area contributed by atoms with Crippen LogP contribution in [0.4, 0.5) is 11.8 Å². The number of benzene rings is 1. The number of hydrogen-bond donors (Lipinski definition) is 2. The predicted molar refractivity (Wildman–Crippen MR) is 101 cm³/mol. The van der Waals surface area contributed by atoms with Crippen molar-refractivity contribution in [2.75, 3.05) is 18.6 Å². The molecule has 4 rings (SSSR count). The molecule has 1 unspecified atom stereocenters. The molecule has 25 heavy (non-hydrogen) atoms. The molecule has 1 saturated carbocycles. The monoisotopic (exact) mass is 402 g/mol. The van der Waals surface area contributed by atoms with E-state index in [4.69, 9.17) is 20.9 Å². The number of nitrogens with zero attached hydrogens (tertiary/aromatic N) is 2. The van der Waals surface area contributed by atoms with Crippen molar-refractivity contribution in [3.05, 3.63) is 39.5 Å². The largest absolute Gasteiger partial charge is 0.495 e. The Morgan fingerprint density at radius 2 is 2.12 bits per heavy atom. The molecule has 2 aromatic rings. The Morgan fingerprint density at radius 3 is 2.80 bits per heavy atom. The zero-order valence-electron chi connectivity index (χ0n) is 13.8. The smallest absolute Gasteiger partial charge is 0.221 e. The zero-order chi connectivity index (χ0) is 17.6. The van der Waals surface area contributed by atoms with E-state index >= 15 is 0 Å². The van der Waals surface area contributed by atoms with E-state index < -0.39 is 0 Å². The lowest BCUT2D eigenvalue weighted by Gasteiger charge is -2.25. The molecular weight excluding hydrogens is 384 g/mol. The van der Waals surface area contributed by atoms with Gasteiger partial charge in [0.1, 0.15) is 27.9 Å². The van der Waals surface area contributed by atoms with Gasteiger partial charge < -0.3 is 20.9 Å². The van der Waals surface area contributed by atoms with Gasteiger partial charge in [-0.05, 0) is 52.4 Å². The lowest BCUT2D eigenvalue weighted by molar-refractivity contribution is 0.219. The number of ether oxygens (including phenoxy) is 2. The van der Waals surface area contributed by atoms with Crippen LogP contribution in [0.5, 0.6) is 11.5 Å². The van der Waals surface area contributed by atoms with Crippen molar-refractivity contribution in [1.82, 2.24) is 9.97 Å². The molecule has 0 spiro atoms. The molecule has 2 aliphatic rings. The van der Waals surface area contributed by atoms with Crippen LogP contribution in [0.3, 0.4) is 0 Å². The molecule has 0 radical (unpaired) electrons. The van der Waals surface area contributed by atoms with Crippen LogP contribution in [0.25, 0.3) is 6.08 Å². The number of nitrogen functional groups attached to an aromatic ring is 2. The maximum atomic E-state index is 6.26. The lowest BCUT2D eigenvalue weighted by Crippen LogP contribution is -2.20. The Kier molecular flexibility index (Phi) is 4.03. The molecule has 7 heteroatoms. The van der Waals surface area contributed by atoms with E-state index in [1.54, 1.807) is 13.3 Å². The maximum Gasteiger partial charge on any atom is 0.221 e. The van der Waals surface area contributed by atoms with Gasteiger partial charge in [-0.15, -0.1) is 0 Å². The van der Waals surface area contributed by atoms with Gasteiger partial charge in [0.15, 0.2) is 0 Å². The fourth-order valence-electron chi connectivity index (χ4n) is 3.09. The van der Waals surface area contributed by atoms with Crippen molar-refractivity contribution in [2.24, 2.45) is 5.92 Å². The van der Waals surface area contributed by atoms with Gasteiger partial charge in [-0.1, -0.05) is 6.08 Å². The van der Waals surface area contributed by atoms with E-state index in [1.165, 1.54) is 12.8 Å². The van der Waals surface area contributed by atoms with Crippen molar-refractivity contribution in [1.29, 1.82) is 0 Å². The van der Waals surface area contributed by atoms with Crippen molar-refractivity contribution < 1.29 is 9.47 Å². The summed E-state index contributed by atoms with van der Waals surface area (Å²) in [5.41, 5.74) is 14.5. The van der Waals surface area contributed by atoms with Crippen LogP contribution in [0.2, 0.25) is 0 Å². The Balaban J connectivity index is 1.76. The first kappa shape index (κ1) is 16.2. The van der Waals surface area contributed by atoms with Crippen LogP contribution >= 0.6 is 15.9 Å². The Labute approximate surface area is 154 Å². The van der Waals surface area contributed by atoms with Crippen LogP contribution in [0.15, 0.2) is 22.8 Å². The topological polar surface area (TPSA) is 96.3 Å². The van der Waals surface area contributed by atoms with Gasteiger partial charge in [0.05, 0.1) is 7.11 Å². The highest BCUT2D eigenvalue weighted by molar-refractivity contribution is 9.10. The van der Waals surface area contributed by atoms with Crippen LogP contribution in [0, 0.1) is 5.92 Å². The molecule has 6 nitrogen and oxygen atoms in total. The molecule has 2 heterocycles. The van der Waals surface area contributed by atoms with E-state index in [0.717, 1.165) is 32.7 Å². The highest BCUT2D eigenvalue weighted by Gasteiger charge is 2.34. The van der Waals surface area contributed by atoms with Crippen LogP contribution < -0.4 is 20.9 Å². The fraction of sp³-hybridized carbons (Fsp3) is 0.333. The Hall–Kier alpha value is -2.28. The Bertz CT molecular complexity index is 865. The van der Waals surface area contributed by atoms with Crippen LogP contribution in [-0.2, 0) is 6.42 Å². The molecule has 1 aliphatic carbocycles. The summed E-state index contributed by atoms with van der Waals surface area (Å²) in [7, 11) is 1.65. The third kappa shape index (κ3) is 3.04. The minimum atomic E-state index is 0.133. The molecule has 0 saturated heterocycles. The van der Waals surface area contributed by atoms with Crippen molar-refractivity contribution in [3.8, 4) is 11.5 Å². The van der Waals surface area contributed by atoms with E-state index in [1.807, 2.05) is 6.07 Å². The minimum Gasteiger partial charge on any atom is -0.495 e. The Morgan fingerprint density at radius 1 is 1.32 bits per heavy atom. The standard InChI is InChI=1S/C18H19BrN4O2/c1-24-14-7-10(6-11-8-22-18(21)23-17(11)20)12-4-5-13(9-2-3-9)25-16(12)15(14)19/h4-5,7-9,13H,2-3,6H2,1H3,(H4,20,21,22,23). The molecule has 0 amide bonds. The summed E-state index contributed by atoms with van der Waals surface area (Å²) in [4.78, 5) is 8.09. The van der Waals surface area contributed by atoms with E-state index in [0.29, 0.717) is 18.2 Å². The van der Waals surface area contributed by atoms with Gasteiger partial charge >= 0.3 is 0 Å². The number of fused-ring (bicyclic) bond motifs is 1. The molecule has 4 N–H and O–H groups in total. The molecule has 1 aromatic carbocycles. The summed E-state index contributed by atoms with van der Waals surface area (Å²) in [5, 5.41) is 0. The first-order valence-electron chi connectivity index (χ1n) is 8.18. The molecule has 0 bridgehead atoms. The fourth-order valence-corrected chi connectivity index (χ4v) is 3.67. The van der Waals surface area contributed by atoms with E-state index in [-0.39, 0.29) is 12.1 Å². The van der Waals surface area contributed by atoms with Gasteiger partial charge in [-0.25, -0.2) is 4.98 Å². The summed E-state index contributed by atoms with van der Waals surface area (Å²) in [6, 6.07) is 1.99. The summed E-state index contributed by atoms with van der Waals surface area (Å²) in [6.07, 6.45) is 9.09. The highest BCUT2D eigenvalue weighted by atomic mass is 79.9. The lowest BCUT2D eigenvalue weighted by atomic mass is 9.96. The highest BCUT2D eigenvalue weighted by Crippen LogP contribution is 2.46. The second kappa shape index (κ2) is 6.22. The summed E-state index contributed by atoms with van der Waals surface area (Å²) in [6.45, 7) is 0. The normalized spacial score (nSPS) is 18.6. The van der Waals surface area contributed by atoms with Gasteiger partial charge in [0.2, 0.25) is 5.95 Å². The van der Waals surface area contributed by atoms with Gasteiger partial charge in [-0.3, -0.25) is 0 Å². The first-order chi connectivity index (χ1) is 12.1. The average Bonchev–Trinajstić information content (AvgIpc) is 3.44. The molecule has 130 valence electrons. The van der Waals surface area contributed by atoms with Gasteiger partial charge in [0, 0.05) is 23.7 Å². The average molecular weight is 403 g/mol. The van der Waals surface area contributed by atoms with Gasteiger partial charge in [0.25, 0.3) is 0 Å². The number of nitrogens with two attached hydrogens (primary N) is 2. The third-order valence-corrected chi connectivity index (χ3v) is 5.37. The summed E-state index contributed by atoms with van der Waals surface area (Å²) in [5.74, 6) is 2.73. The van der Waals surface area contributed by atoms with Gasteiger partial charge in [-0.2, -0.15) is 4.98 Å². The number of rotatable bonds is 4.